The number of likely N-dealkylation sites (tertiary alicyclic amines) is 1. The molecule has 1 fully saturated rings. The number of aromatic nitrogens is 1. The number of fused-ring (bicyclic) bond motifs is 1. The summed E-state index contributed by atoms with van der Waals surface area (Å²) in [7, 11) is 0. The van der Waals surface area contributed by atoms with Gasteiger partial charge in [-0.25, -0.2) is 4.98 Å². The molecule has 0 aliphatic carbocycles. The number of piperidine rings is 1. The smallest absolute Gasteiger partial charge is 0.316 e. The van der Waals surface area contributed by atoms with Gasteiger partial charge in [0.15, 0.2) is 12.2 Å². The molecule has 0 spiro atoms. The van der Waals surface area contributed by atoms with Crippen LogP contribution in [-0.4, -0.2) is 47.2 Å². The molecule has 1 aliphatic rings. The lowest BCUT2D eigenvalue weighted by molar-refractivity contribution is -0.150. The molecule has 0 N–H and O–H groups in total. The Hall–Kier alpha value is -2.80. The fraction of sp³-hybridized carbons (Fsp3) is 0.348. The van der Waals surface area contributed by atoms with Gasteiger partial charge in [-0.15, -0.1) is 0 Å². The van der Waals surface area contributed by atoms with Gasteiger partial charge in [-0.1, -0.05) is 54.2 Å². The molecule has 4 rings (SSSR count). The van der Waals surface area contributed by atoms with Crippen molar-refractivity contribution in [3.05, 3.63) is 60.2 Å². The highest BCUT2D eigenvalue weighted by atomic mass is 32.2. The van der Waals surface area contributed by atoms with E-state index in [2.05, 4.69) is 29.2 Å². The molecule has 2 heterocycles. The Morgan fingerprint density at radius 3 is 2.57 bits per heavy atom. The molecule has 1 amide bonds. The number of ether oxygens (including phenoxy) is 1. The monoisotopic (exact) mass is 424 g/mol. The van der Waals surface area contributed by atoms with Crippen LogP contribution in [0.2, 0.25) is 0 Å². The van der Waals surface area contributed by atoms with Gasteiger partial charge in [-0.2, -0.15) is 0 Å². The van der Waals surface area contributed by atoms with Crippen LogP contribution < -0.4 is 0 Å². The van der Waals surface area contributed by atoms with E-state index in [1.807, 2.05) is 30.3 Å². The van der Waals surface area contributed by atoms with E-state index in [0.717, 1.165) is 24.8 Å². The summed E-state index contributed by atoms with van der Waals surface area (Å²) in [5.41, 5.74) is 2.77. The molecule has 3 aromatic rings. The predicted molar refractivity (Wildman–Crippen MR) is 115 cm³/mol. The zero-order valence-electron chi connectivity index (χ0n) is 16.7. The summed E-state index contributed by atoms with van der Waals surface area (Å²) in [6, 6.07) is 17.9. The Morgan fingerprint density at radius 1 is 1.07 bits per heavy atom. The van der Waals surface area contributed by atoms with Crippen LogP contribution in [0.4, 0.5) is 0 Å². The highest BCUT2D eigenvalue weighted by Crippen LogP contribution is 2.24. The molecule has 6 nitrogen and oxygen atoms in total. The van der Waals surface area contributed by atoms with Crippen LogP contribution in [0.15, 0.2) is 64.2 Å². The van der Waals surface area contributed by atoms with Crippen molar-refractivity contribution in [2.75, 3.05) is 25.4 Å². The third-order valence-corrected chi connectivity index (χ3v) is 6.08. The Balaban J connectivity index is 1.16. The van der Waals surface area contributed by atoms with E-state index >= 15 is 0 Å². The Bertz CT molecular complexity index is 964. The van der Waals surface area contributed by atoms with E-state index in [0.29, 0.717) is 29.8 Å². The second-order valence-corrected chi connectivity index (χ2v) is 8.34. The summed E-state index contributed by atoms with van der Waals surface area (Å²) < 4.78 is 10.7. The van der Waals surface area contributed by atoms with Crippen molar-refractivity contribution in [1.29, 1.82) is 0 Å². The molecule has 0 bridgehead atoms. The Labute approximate surface area is 179 Å². The van der Waals surface area contributed by atoms with Crippen LogP contribution >= 0.6 is 11.8 Å². The molecule has 30 heavy (non-hydrogen) atoms. The third kappa shape index (κ3) is 5.42. The van der Waals surface area contributed by atoms with Crippen LogP contribution in [0.5, 0.6) is 0 Å². The summed E-state index contributed by atoms with van der Waals surface area (Å²) in [6.07, 6.45) is 3.00. The topological polar surface area (TPSA) is 72.6 Å². The first kappa shape index (κ1) is 20.5. The quantitative estimate of drug-likeness (QED) is 0.422. The van der Waals surface area contributed by atoms with Crippen molar-refractivity contribution in [2.24, 2.45) is 5.92 Å². The molecule has 1 aliphatic heterocycles. The minimum atomic E-state index is -0.449. The fourth-order valence-electron chi connectivity index (χ4n) is 3.64. The number of carbonyl (C=O) groups excluding carboxylic acids is 2. The third-order valence-electron chi connectivity index (χ3n) is 5.28. The number of esters is 1. The van der Waals surface area contributed by atoms with E-state index < -0.39 is 5.97 Å². The summed E-state index contributed by atoms with van der Waals surface area (Å²) >= 11 is 1.17. The number of oxazole rings is 1. The van der Waals surface area contributed by atoms with E-state index in [-0.39, 0.29) is 18.3 Å². The molecule has 156 valence electrons. The zero-order chi connectivity index (χ0) is 20.8. The van der Waals surface area contributed by atoms with Crippen molar-refractivity contribution in [1.82, 2.24) is 9.88 Å². The number of para-hydroxylation sites is 2. The number of nitrogens with zero attached hydrogens (tertiary/aromatic N) is 2. The lowest BCUT2D eigenvalue weighted by atomic mass is 9.90. The van der Waals surface area contributed by atoms with Gasteiger partial charge < -0.3 is 14.1 Å². The van der Waals surface area contributed by atoms with Gasteiger partial charge in [0, 0.05) is 13.1 Å². The maximum absolute atomic E-state index is 12.4. The Morgan fingerprint density at radius 2 is 1.80 bits per heavy atom. The van der Waals surface area contributed by atoms with E-state index in [9.17, 15) is 9.59 Å². The second kappa shape index (κ2) is 9.80. The molecular weight excluding hydrogens is 400 g/mol. The van der Waals surface area contributed by atoms with Gasteiger partial charge in [0.2, 0.25) is 0 Å². The van der Waals surface area contributed by atoms with Gasteiger partial charge in [0.05, 0.1) is 0 Å². The maximum atomic E-state index is 12.4. The maximum Gasteiger partial charge on any atom is 0.316 e. The van der Waals surface area contributed by atoms with Crippen LogP contribution in [0.1, 0.15) is 18.4 Å². The van der Waals surface area contributed by atoms with Crippen molar-refractivity contribution >= 4 is 34.7 Å². The predicted octanol–water partition coefficient (Wildman–Crippen LogP) is 3.94. The zero-order valence-corrected chi connectivity index (χ0v) is 17.5. The summed E-state index contributed by atoms with van der Waals surface area (Å²) in [5, 5.41) is 0.417. The van der Waals surface area contributed by atoms with Gasteiger partial charge >= 0.3 is 5.97 Å². The molecule has 0 unspecified atom stereocenters. The second-order valence-electron chi connectivity index (χ2n) is 7.41. The van der Waals surface area contributed by atoms with Crippen molar-refractivity contribution in [2.45, 2.75) is 24.5 Å². The average Bonchev–Trinajstić information content (AvgIpc) is 3.20. The van der Waals surface area contributed by atoms with E-state index in [1.54, 1.807) is 4.90 Å². The molecule has 1 aromatic heterocycles. The summed E-state index contributed by atoms with van der Waals surface area (Å²) in [4.78, 5) is 30.5. The van der Waals surface area contributed by atoms with E-state index in [1.165, 1.54) is 17.3 Å². The summed E-state index contributed by atoms with van der Waals surface area (Å²) in [6.45, 7) is 1.22. The molecule has 0 radical (unpaired) electrons. The van der Waals surface area contributed by atoms with Crippen LogP contribution in [0, 0.1) is 5.92 Å². The average molecular weight is 425 g/mol. The van der Waals surface area contributed by atoms with Gasteiger partial charge in [-0.3, -0.25) is 9.59 Å². The first-order chi connectivity index (χ1) is 14.7. The minimum Gasteiger partial charge on any atom is -0.455 e. The SMILES string of the molecule is O=C(CSc1nc2ccccc2o1)OCC(=O)N1CCC(Cc2ccccc2)CC1. The van der Waals surface area contributed by atoms with Crippen LogP contribution in [-0.2, 0) is 20.7 Å². The summed E-state index contributed by atoms with van der Waals surface area (Å²) in [5.74, 6) is 0.0638. The fourth-order valence-corrected chi connectivity index (χ4v) is 4.28. The van der Waals surface area contributed by atoms with Crippen LogP contribution in [0.3, 0.4) is 0 Å². The first-order valence-corrected chi connectivity index (χ1v) is 11.1. The highest BCUT2D eigenvalue weighted by molar-refractivity contribution is 7.99. The largest absolute Gasteiger partial charge is 0.455 e. The van der Waals surface area contributed by atoms with Gasteiger partial charge in [0.25, 0.3) is 11.1 Å². The van der Waals surface area contributed by atoms with Crippen molar-refractivity contribution in [3.63, 3.8) is 0 Å². The normalized spacial score (nSPS) is 14.7. The van der Waals surface area contributed by atoms with Gasteiger partial charge in [0.1, 0.15) is 11.3 Å². The van der Waals surface area contributed by atoms with Crippen molar-refractivity contribution < 1.29 is 18.7 Å². The van der Waals surface area contributed by atoms with Gasteiger partial charge in [-0.05, 0) is 42.9 Å². The lowest BCUT2D eigenvalue weighted by Gasteiger charge is -2.32. The first-order valence-electron chi connectivity index (χ1n) is 10.1. The number of hydrogen-bond acceptors (Lipinski definition) is 6. The number of hydrogen-bond donors (Lipinski definition) is 0. The number of rotatable bonds is 7. The molecule has 1 saturated heterocycles. The lowest BCUT2D eigenvalue weighted by Crippen LogP contribution is -2.41. The number of benzene rings is 2. The number of carbonyl (C=O) groups is 2. The molecule has 2 aromatic carbocycles. The molecule has 0 saturated carbocycles. The number of amides is 1. The standard InChI is InChI=1S/C23H24N2O4S/c26-21(25-12-10-18(11-13-25)14-17-6-2-1-3-7-17)15-28-22(27)16-30-23-24-19-8-4-5-9-20(19)29-23/h1-9,18H,10-16H2. The number of thioether (sulfide) groups is 1. The van der Waals surface area contributed by atoms with Crippen molar-refractivity contribution in [3.8, 4) is 0 Å². The molecule has 0 atom stereocenters. The highest BCUT2D eigenvalue weighted by Gasteiger charge is 2.23. The minimum absolute atomic E-state index is 0.0548. The Kier molecular flexibility index (Phi) is 6.69. The molecular formula is C23H24N2O4S. The molecule has 7 heteroatoms. The van der Waals surface area contributed by atoms with Crippen LogP contribution in [0.25, 0.3) is 11.1 Å². The van der Waals surface area contributed by atoms with E-state index in [4.69, 9.17) is 9.15 Å².